The Balaban J connectivity index is 2.84. The first kappa shape index (κ1) is 16.9. The van der Waals surface area contributed by atoms with Gasteiger partial charge in [0.25, 0.3) is 0 Å². The molecule has 1 aromatic carbocycles. The van der Waals surface area contributed by atoms with Crippen molar-refractivity contribution in [3.63, 3.8) is 0 Å². The minimum atomic E-state index is -3.45. The summed E-state index contributed by atoms with van der Waals surface area (Å²) in [6, 6.07) is 4.42. The van der Waals surface area contributed by atoms with Gasteiger partial charge in [-0.25, -0.2) is 12.6 Å². The summed E-state index contributed by atoms with van der Waals surface area (Å²) >= 11 is -1.44. The number of rotatable bonds is 8. The first-order chi connectivity index (χ1) is 9.44. The third kappa shape index (κ3) is 4.46. The van der Waals surface area contributed by atoms with Crippen LogP contribution in [-0.4, -0.2) is 45.5 Å². The van der Waals surface area contributed by atoms with Crippen LogP contribution in [0.1, 0.15) is 6.42 Å². The van der Waals surface area contributed by atoms with Crippen molar-refractivity contribution >= 4 is 20.9 Å². The molecule has 6 nitrogen and oxygen atoms in total. The maximum Gasteiger partial charge on any atom is 0.178 e. The summed E-state index contributed by atoms with van der Waals surface area (Å²) in [6.07, 6.45) is 0.261. The zero-order chi connectivity index (χ0) is 15.2. The van der Waals surface area contributed by atoms with Gasteiger partial charge in [-0.1, -0.05) is 0 Å². The summed E-state index contributed by atoms with van der Waals surface area (Å²) in [6.45, 7) is 0. The van der Waals surface area contributed by atoms with Crippen LogP contribution in [-0.2, 0) is 25.1 Å². The number of ether oxygens (including phenoxy) is 2. The third-order valence-electron chi connectivity index (χ3n) is 2.62. The van der Waals surface area contributed by atoms with E-state index >= 15 is 0 Å². The van der Waals surface area contributed by atoms with Crippen molar-refractivity contribution in [1.29, 1.82) is 0 Å². The molecule has 0 N–H and O–H groups in total. The summed E-state index contributed by atoms with van der Waals surface area (Å²) in [5.74, 6) is 0.904. The van der Waals surface area contributed by atoms with Gasteiger partial charge in [0.2, 0.25) is 0 Å². The molecule has 1 atom stereocenters. The molecule has 0 saturated heterocycles. The number of hydrogen-bond donors (Lipinski definition) is 0. The normalized spacial score (nSPS) is 12.9. The van der Waals surface area contributed by atoms with Crippen molar-refractivity contribution < 1.29 is 26.3 Å². The van der Waals surface area contributed by atoms with Crippen LogP contribution in [0.4, 0.5) is 0 Å². The molecule has 0 aliphatic rings. The minimum absolute atomic E-state index is 0.0996. The zero-order valence-corrected chi connectivity index (χ0v) is 13.3. The Hall–Kier alpha value is -1.12. The van der Waals surface area contributed by atoms with E-state index in [0.717, 1.165) is 0 Å². The Morgan fingerprint density at radius 2 is 1.75 bits per heavy atom. The van der Waals surface area contributed by atoms with E-state index in [0.29, 0.717) is 11.5 Å². The van der Waals surface area contributed by atoms with Crippen molar-refractivity contribution in [3.05, 3.63) is 18.2 Å². The maximum absolute atomic E-state index is 12.1. The number of hydrogen-bond acceptors (Lipinski definition) is 6. The average molecular weight is 322 g/mol. The van der Waals surface area contributed by atoms with Crippen LogP contribution in [0.25, 0.3) is 0 Å². The summed E-state index contributed by atoms with van der Waals surface area (Å²) in [7, 11) is 0.790. The molecule has 0 aliphatic carbocycles. The van der Waals surface area contributed by atoms with Gasteiger partial charge in [-0.2, -0.15) is 0 Å². The molecule has 8 heteroatoms. The van der Waals surface area contributed by atoms with Crippen LogP contribution in [0.3, 0.4) is 0 Å². The third-order valence-corrected chi connectivity index (χ3v) is 5.42. The van der Waals surface area contributed by atoms with Crippen LogP contribution in [0.15, 0.2) is 23.1 Å². The van der Waals surface area contributed by atoms with E-state index in [1.54, 1.807) is 6.07 Å². The lowest BCUT2D eigenvalue weighted by Crippen LogP contribution is -2.11. The molecule has 0 aliphatic heterocycles. The van der Waals surface area contributed by atoms with Crippen LogP contribution >= 0.6 is 0 Å². The van der Waals surface area contributed by atoms with Crippen molar-refractivity contribution in [3.8, 4) is 11.5 Å². The van der Waals surface area contributed by atoms with Crippen LogP contribution in [0.2, 0.25) is 0 Å². The molecule has 1 unspecified atom stereocenters. The Labute approximate surface area is 121 Å². The number of sulfone groups is 1. The van der Waals surface area contributed by atoms with Gasteiger partial charge in [-0.05, 0) is 18.6 Å². The standard InChI is InChI=1S/C12H18O6S2/c1-16-11-6-5-10(9-12(11)17-2)20(14,15)8-4-7-19(13)18-3/h5-6,9H,4,7-8H2,1-3H3. The molecule has 0 spiro atoms. The highest BCUT2D eigenvalue weighted by atomic mass is 32.2. The lowest BCUT2D eigenvalue weighted by molar-refractivity contribution is 0.354. The maximum atomic E-state index is 12.1. The molecule has 1 aromatic rings. The van der Waals surface area contributed by atoms with Gasteiger partial charge in [0, 0.05) is 6.07 Å². The molecule has 0 amide bonds. The van der Waals surface area contributed by atoms with E-state index in [4.69, 9.17) is 9.47 Å². The molecule has 1 rings (SSSR count). The Bertz CT molecular complexity index is 567. The van der Waals surface area contributed by atoms with E-state index in [9.17, 15) is 12.6 Å². The first-order valence-corrected chi connectivity index (χ1v) is 8.72. The summed E-state index contributed by atoms with van der Waals surface area (Å²) in [4.78, 5) is 0.151. The fraction of sp³-hybridized carbons (Fsp3) is 0.500. The fourth-order valence-electron chi connectivity index (χ4n) is 1.58. The molecule has 0 heterocycles. The van der Waals surface area contributed by atoms with Gasteiger partial charge in [0.05, 0.1) is 37.7 Å². The van der Waals surface area contributed by atoms with Crippen molar-refractivity contribution in [2.24, 2.45) is 0 Å². The van der Waals surface area contributed by atoms with Gasteiger partial charge in [0.1, 0.15) is 0 Å². The van der Waals surface area contributed by atoms with Crippen LogP contribution in [0, 0.1) is 0 Å². The molecule has 0 saturated carbocycles. The predicted molar refractivity (Wildman–Crippen MR) is 76.2 cm³/mol. The SMILES string of the molecule is COc1ccc(S(=O)(=O)CCCS(=O)OC)cc1OC. The lowest BCUT2D eigenvalue weighted by Gasteiger charge is -2.10. The highest BCUT2D eigenvalue weighted by Gasteiger charge is 2.17. The van der Waals surface area contributed by atoms with E-state index in [-0.39, 0.29) is 22.8 Å². The van der Waals surface area contributed by atoms with Crippen LogP contribution < -0.4 is 9.47 Å². The second-order valence-corrected chi connectivity index (χ2v) is 7.32. The van der Waals surface area contributed by atoms with Gasteiger partial charge < -0.3 is 9.47 Å². The molecule has 114 valence electrons. The largest absolute Gasteiger partial charge is 0.493 e. The van der Waals surface area contributed by atoms with Crippen molar-refractivity contribution in [2.45, 2.75) is 11.3 Å². The molecule has 0 fully saturated rings. The van der Waals surface area contributed by atoms with Gasteiger partial charge >= 0.3 is 0 Å². The second-order valence-electron chi connectivity index (χ2n) is 3.86. The molecule has 0 aromatic heterocycles. The molecule has 0 bridgehead atoms. The molecule has 0 radical (unpaired) electrons. The highest BCUT2D eigenvalue weighted by Crippen LogP contribution is 2.29. The predicted octanol–water partition coefficient (Wildman–Crippen LogP) is 1.18. The molecule has 20 heavy (non-hydrogen) atoms. The van der Waals surface area contributed by atoms with Crippen molar-refractivity contribution in [1.82, 2.24) is 0 Å². The highest BCUT2D eigenvalue weighted by molar-refractivity contribution is 7.91. The zero-order valence-electron chi connectivity index (χ0n) is 11.6. The van der Waals surface area contributed by atoms with Gasteiger partial charge in [-0.15, -0.1) is 0 Å². The molecular formula is C12H18O6S2. The topological polar surface area (TPSA) is 78.9 Å². The number of methoxy groups -OCH3 is 2. The van der Waals surface area contributed by atoms with Crippen molar-refractivity contribution in [2.75, 3.05) is 32.8 Å². The first-order valence-electron chi connectivity index (χ1n) is 5.82. The fourth-order valence-corrected chi connectivity index (χ4v) is 3.63. The van der Waals surface area contributed by atoms with Gasteiger partial charge in [0.15, 0.2) is 32.4 Å². The summed E-state index contributed by atoms with van der Waals surface area (Å²) < 4.78 is 50.0. The Kier molecular flexibility index (Phi) is 6.44. The monoisotopic (exact) mass is 322 g/mol. The van der Waals surface area contributed by atoms with E-state index in [1.807, 2.05) is 0 Å². The quantitative estimate of drug-likeness (QED) is 0.715. The van der Waals surface area contributed by atoms with Gasteiger partial charge in [-0.3, -0.25) is 4.18 Å². The summed E-state index contributed by atoms with van der Waals surface area (Å²) in [5.41, 5.74) is 0. The smallest absolute Gasteiger partial charge is 0.178 e. The lowest BCUT2D eigenvalue weighted by atomic mass is 10.3. The van der Waals surface area contributed by atoms with E-state index in [1.165, 1.54) is 33.5 Å². The Morgan fingerprint density at radius 1 is 1.10 bits per heavy atom. The minimum Gasteiger partial charge on any atom is -0.493 e. The average Bonchev–Trinajstić information content (AvgIpc) is 2.45. The molecular weight excluding hydrogens is 304 g/mol. The van der Waals surface area contributed by atoms with E-state index < -0.39 is 20.9 Å². The summed E-state index contributed by atoms with van der Waals surface area (Å²) in [5, 5.41) is 0. The van der Waals surface area contributed by atoms with E-state index in [2.05, 4.69) is 4.18 Å². The Morgan fingerprint density at radius 3 is 2.30 bits per heavy atom. The second kappa shape index (κ2) is 7.61. The van der Waals surface area contributed by atoms with Crippen LogP contribution in [0.5, 0.6) is 11.5 Å². The number of benzene rings is 1.